The minimum Gasteiger partial charge on any atom is -0.369 e. The van der Waals surface area contributed by atoms with Crippen LogP contribution in [0.25, 0.3) is 0 Å². The van der Waals surface area contributed by atoms with Gasteiger partial charge in [0.15, 0.2) is 0 Å². The van der Waals surface area contributed by atoms with E-state index < -0.39 is 10.0 Å². The van der Waals surface area contributed by atoms with Crippen LogP contribution in [0.3, 0.4) is 0 Å². The fourth-order valence-corrected chi connectivity index (χ4v) is 5.16. The van der Waals surface area contributed by atoms with E-state index >= 15 is 0 Å². The Morgan fingerprint density at radius 2 is 1.55 bits per heavy atom. The quantitative estimate of drug-likeness (QED) is 0.667. The van der Waals surface area contributed by atoms with Crippen molar-refractivity contribution in [1.29, 1.82) is 0 Å². The summed E-state index contributed by atoms with van der Waals surface area (Å²) < 4.78 is 26.9. The molecule has 168 valence electrons. The van der Waals surface area contributed by atoms with E-state index in [1.807, 2.05) is 54.6 Å². The van der Waals surface area contributed by atoms with Gasteiger partial charge in [-0.15, -0.1) is 0 Å². The zero-order chi connectivity index (χ0) is 22.5. The first-order valence-electron chi connectivity index (χ1n) is 10.8. The molecule has 1 aliphatic heterocycles. The van der Waals surface area contributed by atoms with Gasteiger partial charge in [0, 0.05) is 44.0 Å². The average molecular weight is 444 g/mol. The highest BCUT2D eigenvalue weighted by atomic mass is 32.2. The maximum atomic E-state index is 12.7. The van der Waals surface area contributed by atoms with Gasteiger partial charge < -0.3 is 10.2 Å². The highest BCUT2D eigenvalue weighted by Crippen LogP contribution is 2.22. The fraction of sp³-hybridized carbons (Fsp3) is 0.458. The normalized spacial score (nSPS) is 15.6. The summed E-state index contributed by atoms with van der Waals surface area (Å²) in [7, 11) is -3.32. The number of anilines is 1. The molecule has 0 aliphatic carbocycles. The van der Waals surface area contributed by atoms with Gasteiger partial charge in [-0.05, 0) is 41.7 Å². The lowest BCUT2D eigenvalue weighted by Gasteiger charge is -2.35. The molecule has 0 atom stereocenters. The number of nitrogens with one attached hydrogen (secondary N) is 1. The largest absolute Gasteiger partial charge is 0.369 e. The van der Waals surface area contributed by atoms with Crippen molar-refractivity contribution in [2.45, 2.75) is 32.6 Å². The van der Waals surface area contributed by atoms with Crippen molar-refractivity contribution in [3.63, 3.8) is 0 Å². The molecule has 3 rings (SSSR count). The highest BCUT2D eigenvalue weighted by Gasteiger charge is 2.26. The molecule has 0 unspecified atom stereocenters. The van der Waals surface area contributed by atoms with Gasteiger partial charge in [0.2, 0.25) is 10.0 Å². The van der Waals surface area contributed by atoms with Gasteiger partial charge in [-0.25, -0.2) is 8.42 Å². The molecule has 1 saturated heterocycles. The van der Waals surface area contributed by atoms with Gasteiger partial charge in [-0.1, -0.05) is 51.1 Å². The number of carbonyl (C=O) groups excluding carboxylic acids is 1. The first-order chi connectivity index (χ1) is 14.7. The third kappa shape index (κ3) is 6.31. The second-order valence-electron chi connectivity index (χ2n) is 8.97. The topological polar surface area (TPSA) is 69.7 Å². The number of sulfonamides is 1. The lowest BCUT2D eigenvalue weighted by Crippen LogP contribution is -2.49. The molecule has 0 spiro atoms. The van der Waals surface area contributed by atoms with Crippen LogP contribution in [0.5, 0.6) is 0 Å². The molecule has 2 aromatic carbocycles. The number of rotatable bonds is 7. The second kappa shape index (κ2) is 9.83. The molecule has 0 bridgehead atoms. The monoisotopic (exact) mass is 443 g/mol. The van der Waals surface area contributed by atoms with Gasteiger partial charge >= 0.3 is 0 Å². The number of benzene rings is 2. The molecule has 1 heterocycles. The summed E-state index contributed by atoms with van der Waals surface area (Å²) in [6.45, 7) is 9.07. The van der Waals surface area contributed by atoms with E-state index in [9.17, 15) is 13.2 Å². The van der Waals surface area contributed by atoms with Crippen molar-refractivity contribution in [2.24, 2.45) is 0 Å². The van der Waals surface area contributed by atoms with Gasteiger partial charge in [0.05, 0.1) is 5.75 Å². The molecular formula is C24H33N3O3S. The molecule has 0 saturated carbocycles. The molecule has 1 N–H and O–H groups in total. The Bertz CT molecular complexity index is 959. The Morgan fingerprint density at radius 1 is 0.935 bits per heavy atom. The van der Waals surface area contributed by atoms with Crippen LogP contribution in [0.2, 0.25) is 0 Å². The third-order valence-corrected chi connectivity index (χ3v) is 7.59. The molecule has 1 aliphatic rings. The summed E-state index contributed by atoms with van der Waals surface area (Å²) in [5.41, 5.74) is 2.92. The summed E-state index contributed by atoms with van der Waals surface area (Å²) in [5.74, 6) is -0.129. The molecular weight excluding hydrogens is 410 g/mol. The molecule has 1 fully saturated rings. The maximum Gasteiger partial charge on any atom is 0.251 e. The molecule has 1 amide bonds. The smallest absolute Gasteiger partial charge is 0.251 e. The average Bonchev–Trinajstić information content (AvgIpc) is 2.77. The van der Waals surface area contributed by atoms with Crippen LogP contribution < -0.4 is 10.2 Å². The van der Waals surface area contributed by atoms with E-state index in [-0.39, 0.29) is 17.1 Å². The van der Waals surface area contributed by atoms with Crippen molar-refractivity contribution in [3.8, 4) is 0 Å². The van der Waals surface area contributed by atoms with Crippen molar-refractivity contribution in [3.05, 3.63) is 65.7 Å². The summed E-state index contributed by atoms with van der Waals surface area (Å²) in [4.78, 5) is 14.5. The van der Waals surface area contributed by atoms with Crippen LogP contribution in [0, 0.1) is 0 Å². The summed E-state index contributed by atoms with van der Waals surface area (Å²) in [6, 6.07) is 17.6. The molecule has 6 nitrogen and oxygen atoms in total. The van der Waals surface area contributed by atoms with Crippen LogP contribution >= 0.6 is 0 Å². The van der Waals surface area contributed by atoms with E-state index in [0.29, 0.717) is 44.7 Å². The predicted octanol–water partition coefficient (Wildman–Crippen LogP) is 3.26. The number of piperazine rings is 1. The minimum absolute atomic E-state index is 0.0376. The van der Waals surface area contributed by atoms with Crippen LogP contribution in [0.4, 0.5) is 5.69 Å². The molecule has 31 heavy (non-hydrogen) atoms. The Balaban J connectivity index is 1.42. The third-order valence-electron chi connectivity index (χ3n) is 5.63. The van der Waals surface area contributed by atoms with Gasteiger partial charge in [0.25, 0.3) is 5.91 Å². The number of hydrogen-bond acceptors (Lipinski definition) is 4. The molecule has 0 aromatic heterocycles. The Labute approximate surface area is 186 Å². The maximum absolute atomic E-state index is 12.7. The van der Waals surface area contributed by atoms with Crippen molar-refractivity contribution < 1.29 is 13.2 Å². The first kappa shape index (κ1) is 23.3. The van der Waals surface area contributed by atoms with Gasteiger partial charge in [-0.3, -0.25) is 4.79 Å². The summed E-state index contributed by atoms with van der Waals surface area (Å²) >= 11 is 0. The Hall–Kier alpha value is -2.38. The van der Waals surface area contributed by atoms with E-state index in [1.165, 1.54) is 5.56 Å². The van der Waals surface area contributed by atoms with E-state index in [0.717, 1.165) is 5.69 Å². The number of amides is 1. The van der Waals surface area contributed by atoms with Crippen LogP contribution in [-0.4, -0.2) is 57.1 Å². The van der Waals surface area contributed by atoms with Crippen molar-refractivity contribution >= 4 is 21.6 Å². The predicted molar refractivity (Wildman–Crippen MR) is 126 cm³/mol. The SMILES string of the molecule is CC(C)(C)c1ccc(C(=O)NCCCS(=O)(=O)N2CCN(c3ccccc3)CC2)cc1. The van der Waals surface area contributed by atoms with Crippen molar-refractivity contribution in [2.75, 3.05) is 43.4 Å². The molecule has 0 radical (unpaired) electrons. The zero-order valence-electron chi connectivity index (χ0n) is 18.7. The molecule has 2 aromatic rings. The number of para-hydroxylation sites is 1. The fourth-order valence-electron chi connectivity index (χ4n) is 3.67. The standard InChI is InChI=1S/C24H33N3O3S/c1-24(2,3)21-12-10-20(11-13-21)23(28)25-14-7-19-31(29,30)27-17-15-26(16-18-27)22-8-5-4-6-9-22/h4-6,8-13H,7,14-19H2,1-3H3,(H,25,28). The van der Waals surface area contributed by atoms with Crippen LogP contribution in [0.1, 0.15) is 43.1 Å². The first-order valence-corrected chi connectivity index (χ1v) is 12.4. The van der Waals surface area contributed by atoms with E-state index in [4.69, 9.17) is 0 Å². The molecule has 7 heteroatoms. The number of nitrogens with zero attached hydrogens (tertiary/aromatic N) is 2. The summed E-state index contributed by atoms with van der Waals surface area (Å²) in [6.07, 6.45) is 0.396. The van der Waals surface area contributed by atoms with Gasteiger partial charge in [-0.2, -0.15) is 4.31 Å². The van der Waals surface area contributed by atoms with Crippen LogP contribution in [-0.2, 0) is 15.4 Å². The van der Waals surface area contributed by atoms with Crippen molar-refractivity contribution in [1.82, 2.24) is 9.62 Å². The Morgan fingerprint density at radius 3 is 2.13 bits per heavy atom. The van der Waals surface area contributed by atoms with E-state index in [1.54, 1.807) is 4.31 Å². The Kier molecular flexibility index (Phi) is 7.38. The zero-order valence-corrected chi connectivity index (χ0v) is 19.5. The lowest BCUT2D eigenvalue weighted by atomic mass is 9.87. The minimum atomic E-state index is -3.32. The second-order valence-corrected chi connectivity index (χ2v) is 11.1. The van der Waals surface area contributed by atoms with Gasteiger partial charge in [0.1, 0.15) is 0 Å². The number of hydrogen-bond donors (Lipinski definition) is 1. The highest BCUT2D eigenvalue weighted by molar-refractivity contribution is 7.89. The summed E-state index contributed by atoms with van der Waals surface area (Å²) in [5, 5.41) is 2.83. The lowest BCUT2D eigenvalue weighted by molar-refractivity contribution is 0.0953. The van der Waals surface area contributed by atoms with Crippen LogP contribution in [0.15, 0.2) is 54.6 Å². The van der Waals surface area contributed by atoms with E-state index in [2.05, 4.69) is 31.0 Å². The number of carbonyl (C=O) groups is 1.